The fraction of sp³-hybridized carbons (Fsp3) is 0.588. The van der Waals surface area contributed by atoms with E-state index in [0.29, 0.717) is 39.4 Å². The maximum absolute atomic E-state index is 13.9. The van der Waals surface area contributed by atoms with Crippen LogP contribution in [0.4, 0.5) is 0 Å². The molecule has 1 N–H and O–H groups in total. The summed E-state index contributed by atoms with van der Waals surface area (Å²) >= 11 is 0. The third-order valence-electron chi connectivity index (χ3n) is 8.47. The van der Waals surface area contributed by atoms with Gasteiger partial charge < -0.3 is 24.4 Å². The molecular formula is C34H48N2O5. The van der Waals surface area contributed by atoms with Gasteiger partial charge >= 0.3 is 0 Å². The molecule has 2 aliphatic rings. The van der Waals surface area contributed by atoms with Crippen molar-refractivity contribution in [2.45, 2.75) is 85.4 Å². The predicted molar refractivity (Wildman–Crippen MR) is 161 cm³/mol. The van der Waals surface area contributed by atoms with Crippen LogP contribution in [0.1, 0.15) is 82.2 Å². The van der Waals surface area contributed by atoms with E-state index in [1.807, 2.05) is 31.2 Å². The second-order valence-electron chi connectivity index (χ2n) is 12.4. The van der Waals surface area contributed by atoms with Crippen molar-refractivity contribution in [2.75, 3.05) is 33.0 Å². The van der Waals surface area contributed by atoms with Gasteiger partial charge in [-0.15, -0.1) is 0 Å². The topological polar surface area (TPSA) is 77.1 Å². The molecule has 0 fully saturated rings. The van der Waals surface area contributed by atoms with Gasteiger partial charge in [0.1, 0.15) is 18.4 Å². The SMILES string of the molecule is CCCOCCOCCOc1ccc2c(c1)CN(C(=O)[C@@H](C)C(C)(C)C)[C@H](C(=O)N[C@@H]1CCCc3ccccc31)C2. The molecule has 2 amide bonds. The van der Waals surface area contributed by atoms with Gasteiger partial charge in [-0.1, -0.05) is 65.0 Å². The molecule has 7 nitrogen and oxygen atoms in total. The molecule has 3 atom stereocenters. The van der Waals surface area contributed by atoms with Crippen LogP contribution in [0.2, 0.25) is 0 Å². The Kier molecular flexibility index (Phi) is 10.8. The zero-order valence-electron chi connectivity index (χ0n) is 25.5. The highest BCUT2D eigenvalue weighted by Crippen LogP contribution is 2.34. The average molecular weight is 565 g/mol. The standard InChI is InChI=1S/C34H48N2O5/c1-6-16-39-17-18-40-19-20-41-28-15-14-26-22-31(36(23-27(26)21-28)33(38)24(2)34(3,4)5)32(37)35-30-13-9-11-25-10-7-8-12-29(25)30/h7-8,10,12,14-15,21,24,30-31H,6,9,11,13,16-20,22-23H2,1-5H3,(H,35,37)/t24-,30-,31+/m1/s1. The highest BCUT2D eigenvalue weighted by atomic mass is 16.5. The summed E-state index contributed by atoms with van der Waals surface area (Å²) in [6.45, 7) is 13.5. The lowest BCUT2D eigenvalue weighted by Gasteiger charge is -2.40. The Hall–Kier alpha value is -2.90. The Morgan fingerprint density at radius 2 is 1.71 bits per heavy atom. The summed E-state index contributed by atoms with van der Waals surface area (Å²) in [6.07, 6.45) is 4.48. The van der Waals surface area contributed by atoms with Gasteiger partial charge in [-0.3, -0.25) is 9.59 Å². The van der Waals surface area contributed by atoms with Crippen molar-refractivity contribution < 1.29 is 23.8 Å². The lowest BCUT2D eigenvalue weighted by molar-refractivity contribution is -0.147. The van der Waals surface area contributed by atoms with Crippen LogP contribution in [-0.4, -0.2) is 55.8 Å². The van der Waals surface area contributed by atoms with Gasteiger partial charge in [-0.25, -0.2) is 0 Å². The third kappa shape index (κ3) is 8.10. The van der Waals surface area contributed by atoms with Crippen LogP contribution in [0, 0.1) is 11.3 Å². The van der Waals surface area contributed by atoms with Crippen LogP contribution < -0.4 is 10.1 Å². The smallest absolute Gasteiger partial charge is 0.243 e. The number of nitrogens with one attached hydrogen (secondary N) is 1. The van der Waals surface area contributed by atoms with Gasteiger partial charge in [0.25, 0.3) is 0 Å². The quantitative estimate of drug-likeness (QED) is 0.338. The number of benzene rings is 2. The summed E-state index contributed by atoms with van der Waals surface area (Å²) in [7, 11) is 0. The van der Waals surface area contributed by atoms with Crippen molar-refractivity contribution in [2.24, 2.45) is 11.3 Å². The van der Waals surface area contributed by atoms with Crippen LogP contribution >= 0.6 is 0 Å². The zero-order chi connectivity index (χ0) is 29.4. The lowest BCUT2D eigenvalue weighted by Crippen LogP contribution is -2.55. The number of carbonyl (C=O) groups excluding carboxylic acids is 2. The van der Waals surface area contributed by atoms with Crippen molar-refractivity contribution in [1.29, 1.82) is 0 Å². The van der Waals surface area contributed by atoms with E-state index in [4.69, 9.17) is 14.2 Å². The number of carbonyl (C=O) groups is 2. The maximum atomic E-state index is 13.9. The normalized spacial score (nSPS) is 19.2. The van der Waals surface area contributed by atoms with Crippen molar-refractivity contribution in [3.05, 3.63) is 64.7 Å². The first-order valence-corrected chi connectivity index (χ1v) is 15.3. The Balaban J connectivity index is 1.46. The minimum absolute atomic E-state index is 0.0114. The molecule has 1 aliphatic heterocycles. The summed E-state index contributed by atoms with van der Waals surface area (Å²) in [4.78, 5) is 29.5. The van der Waals surface area contributed by atoms with Gasteiger partial charge in [0.2, 0.25) is 11.8 Å². The molecule has 2 aromatic rings. The van der Waals surface area contributed by atoms with Crippen LogP contribution in [0.5, 0.6) is 5.75 Å². The fourth-order valence-corrected chi connectivity index (χ4v) is 5.59. The molecule has 0 unspecified atom stereocenters. The average Bonchev–Trinajstić information content (AvgIpc) is 2.96. The van der Waals surface area contributed by atoms with Crippen molar-refractivity contribution in [1.82, 2.24) is 10.2 Å². The molecule has 224 valence electrons. The van der Waals surface area contributed by atoms with E-state index in [-0.39, 0.29) is 29.2 Å². The van der Waals surface area contributed by atoms with Gasteiger partial charge in [0, 0.05) is 25.5 Å². The highest BCUT2D eigenvalue weighted by molar-refractivity contribution is 5.89. The minimum Gasteiger partial charge on any atom is -0.491 e. The molecule has 0 aromatic heterocycles. The van der Waals surface area contributed by atoms with E-state index in [9.17, 15) is 9.59 Å². The molecule has 1 heterocycles. The Morgan fingerprint density at radius 3 is 2.46 bits per heavy atom. The predicted octanol–water partition coefficient (Wildman–Crippen LogP) is 5.64. The van der Waals surface area contributed by atoms with Crippen LogP contribution in [0.15, 0.2) is 42.5 Å². The van der Waals surface area contributed by atoms with Crippen molar-refractivity contribution >= 4 is 11.8 Å². The fourth-order valence-electron chi connectivity index (χ4n) is 5.59. The number of aryl methyl sites for hydroxylation is 1. The zero-order valence-corrected chi connectivity index (χ0v) is 25.5. The number of rotatable bonds is 12. The second-order valence-corrected chi connectivity index (χ2v) is 12.4. The second kappa shape index (κ2) is 14.3. The molecule has 0 spiro atoms. The largest absolute Gasteiger partial charge is 0.491 e. The molecule has 1 aliphatic carbocycles. The summed E-state index contributed by atoms with van der Waals surface area (Å²) in [5, 5.41) is 3.32. The van der Waals surface area contributed by atoms with Gasteiger partial charge in [0.15, 0.2) is 0 Å². The first kappa shape index (κ1) is 31.0. The summed E-state index contributed by atoms with van der Waals surface area (Å²) in [6, 6.07) is 13.8. The molecule has 7 heteroatoms. The minimum atomic E-state index is -0.552. The Labute approximate surface area is 245 Å². The first-order chi connectivity index (χ1) is 19.7. The summed E-state index contributed by atoms with van der Waals surface area (Å²) in [5.41, 5.74) is 4.39. The molecule has 0 radical (unpaired) electrons. The van der Waals surface area contributed by atoms with Gasteiger partial charge in [-0.05, 0) is 65.5 Å². The van der Waals surface area contributed by atoms with E-state index in [1.165, 1.54) is 11.1 Å². The van der Waals surface area contributed by atoms with Crippen LogP contribution in [0.3, 0.4) is 0 Å². The maximum Gasteiger partial charge on any atom is 0.243 e. The molecular weight excluding hydrogens is 516 g/mol. The van der Waals surface area contributed by atoms with Crippen LogP contribution in [-0.2, 0) is 38.4 Å². The number of amides is 2. The molecule has 0 saturated heterocycles. The molecule has 4 rings (SSSR count). The Bertz CT molecular complexity index is 1170. The number of fused-ring (bicyclic) bond motifs is 2. The van der Waals surface area contributed by atoms with E-state index in [1.54, 1.807) is 4.90 Å². The molecule has 0 saturated carbocycles. The third-order valence-corrected chi connectivity index (χ3v) is 8.47. The Morgan fingerprint density at radius 1 is 0.976 bits per heavy atom. The van der Waals surface area contributed by atoms with E-state index < -0.39 is 6.04 Å². The highest BCUT2D eigenvalue weighted by Gasteiger charge is 2.40. The number of ether oxygens (including phenoxy) is 3. The first-order valence-electron chi connectivity index (χ1n) is 15.3. The molecule has 2 aromatic carbocycles. The number of hydrogen-bond acceptors (Lipinski definition) is 5. The van der Waals surface area contributed by atoms with Crippen molar-refractivity contribution in [3.8, 4) is 5.75 Å². The van der Waals surface area contributed by atoms with Crippen LogP contribution in [0.25, 0.3) is 0 Å². The van der Waals surface area contributed by atoms with E-state index in [2.05, 4.69) is 51.2 Å². The summed E-state index contributed by atoms with van der Waals surface area (Å²) in [5.74, 6) is 0.449. The lowest BCUT2D eigenvalue weighted by atomic mass is 9.80. The van der Waals surface area contributed by atoms with Gasteiger partial charge in [-0.2, -0.15) is 0 Å². The number of hydrogen-bond donors (Lipinski definition) is 1. The van der Waals surface area contributed by atoms with Crippen molar-refractivity contribution in [3.63, 3.8) is 0 Å². The van der Waals surface area contributed by atoms with Gasteiger partial charge in [0.05, 0.1) is 25.9 Å². The number of nitrogens with zero attached hydrogens (tertiary/aromatic N) is 1. The van der Waals surface area contributed by atoms with E-state index >= 15 is 0 Å². The summed E-state index contributed by atoms with van der Waals surface area (Å²) < 4.78 is 17.0. The molecule has 41 heavy (non-hydrogen) atoms. The molecule has 0 bridgehead atoms. The monoisotopic (exact) mass is 564 g/mol. The van der Waals surface area contributed by atoms with E-state index in [0.717, 1.165) is 49.2 Å².